The maximum atomic E-state index is 12.3. The number of H-pyrrole nitrogens is 1. The highest BCUT2D eigenvalue weighted by Gasteiger charge is 2.16. The summed E-state index contributed by atoms with van der Waals surface area (Å²) in [5.74, 6) is -0.671. The molecule has 23 heavy (non-hydrogen) atoms. The van der Waals surface area contributed by atoms with Crippen LogP contribution in [0.5, 0.6) is 0 Å². The van der Waals surface area contributed by atoms with Gasteiger partial charge in [-0.05, 0) is 30.3 Å². The highest BCUT2D eigenvalue weighted by molar-refractivity contribution is 6.04. The summed E-state index contributed by atoms with van der Waals surface area (Å²) in [5, 5.41) is 5.38. The second kappa shape index (κ2) is 8.00. The van der Waals surface area contributed by atoms with Crippen molar-refractivity contribution in [2.75, 3.05) is 27.2 Å². The Hall–Kier alpha value is -2.80. The Kier molecular flexibility index (Phi) is 5.76. The molecule has 0 saturated heterocycles. The molecular weight excluding hydrogens is 296 g/mol. The zero-order valence-corrected chi connectivity index (χ0v) is 13.2. The number of quaternary nitrogens is 1. The van der Waals surface area contributed by atoms with Gasteiger partial charge in [0.15, 0.2) is 5.76 Å². The third-order valence-electron chi connectivity index (χ3n) is 3.07. The van der Waals surface area contributed by atoms with Gasteiger partial charge in [0.1, 0.15) is 5.70 Å². The Morgan fingerprint density at radius 1 is 1.30 bits per heavy atom. The lowest BCUT2D eigenvalue weighted by Gasteiger charge is -2.11. The first-order valence-corrected chi connectivity index (χ1v) is 7.33. The summed E-state index contributed by atoms with van der Waals surface area (Å²) >= 11 is 0. The summed E-state index contributed by atoms with van der Waals surface area (Å²) in [6.45, 7) is 1.30. The topological polar surface area (TPSA) is 91.6 Å². The molecule has 0 aliphatic rings. The van der Waals surface area contributed by atoms with E-state index < -0.39 is 5.91 Å². The minimum Gasteiger partial charge on any atom is -0.459 e. The third kappa shape index (κ3) is 5.15. The van der Waals surface area contributed by atoms with Crippen LogP contribution in [0, 0.1) is 0 Å². The molecule has 0 radical (unpaired) electrons. The Morgan fingerprint density at radius 3 is 2.74 bits per heavy atom. The quantitative estimate of drug-likeness (QED) is 0.526. The Morgan fingerprint density at radius 2 is 2.13 bits per heavy atom. The van der Waals surface area contributed by atoms with Crippen LogP contribution in [-0.2, 0) is 4.79 Å². The number of amides is 2. The van der Waals surface area contributed by atoms with Gasteiger partial charge in [0, 0.05) is 11.9 Å². The zero-order valence-electron chi connectivity index (χ0n) is 13.2. The predicted molar refractivity (Wildman–Crippen MR) is 85.6 cm³/mol. The Balaban J connectivity index is 2.09. The smallest absolute Gasteiger partial charge is 0.291 e. The molecule has 0 bridgehead atoms. The number of furan rings is 1. The van der Waals surface area contributed by atoms with Gasteiger partial charge >= 0.3 is 0 Å². The molecule has 2 rings (SSSR count). The molecular formula is C16H21N4O3+. The average molecular weight is 317 g/mol. The van der Waals surface area contributed by atoms with Crippen molar-refractivity contribution in [1.29, 1.82) is 0 Å². The van der Waals surface area contributed by atoms with Crippen molar-refractivity contribution < 1.29 is 18.9 Å². The van der Waals surface area contributed by atoms with E-state index in [0.717, 1.165) is 6.54 Å². The first kappa shape index (κ1) is 16.6. The van der Waals surface area contributed by atoms with E-state index in [1.807, 2.05) is 20.2 Å². The number of nitrogens with one attached hydrogen (secondary N) is 4. The minimum absolute atomic E-state index is 0.146. The van der Waals surface area contributed by atoms with Crippen molar-refractivity contribution in [1.82, 2.24) is 15.6 Å². The molecule has 0 aliphatic heterocycles. The molecule has 2 aromatic rings. The van der Waals surface area contributed by atoms with E-state index in [4.69, 9.17) is 4.42 Å². The van der Waals surface area contributed by atoms with E-state index in [2.05, 4.69) is 15.6 Å². The van der Waals surface area contributed by atoms with Crippen LogP contribution in [0.1, 0.15) is 16.2 Å². The van der Waals surface area contributed by atoms with Crippen molar-refractivity contribution in [3.8, 4) is 0 Å². The average Bonchev–Trinajstić information content (AvgIpc) is 3.19. The number of hydrogen-bond acceptors (Lipinski definition) is 3. The fourth-order valence-electron chi connectivity index (χ4n) is 1.86. The molecule has 0 spiro atoms. The number of hydrogen-bond donors (Lipinski definition) is 4. The second-order valence-electron chi connectivity index (χ2n) is 5.33. The highest BCUT2D eigenvalue weighted by Crippen LogP contribution is 2.05. The van der Waals surface area contributed by atoms with Crippen LogP contribution in [0.15, 0.2) is 46.8 Å². The predicted octanol–water partition coefficient (Wildman–Crippen LogP) is -0.361. The molecule has 0 fully saturated rings. The van der Waals surface area contributed by atoms with Gasteiger partial charge in [-0.15, -0.1) is 0 Å². The lowest BCUT2D eigenvalue weighted by Crippen LogP contribution is -3.06. The summed E-state index contributed by atoms with van der Waals surface area (Å²) in [4.78, 5) is 28.6. The van der Waals surface area contributed by atoms with Crippen LogP contribution < -0.4 is 15.5 Å². The zero-order chi connectivity index (χ0) is 16.7. The van der Waals surface area contributed by atoms with Crippen LogP contribution >= 0.6 is 0 Å². The molecule has 4 N–H and O–H groups in total. The SMILES string of the molecule is C[NH+](C)CCNC(=O)/C(=C/c1ccc[nH]1)NC(=O)c1ccco1. The highest BCUT2D eigenvalue weighted by atomic mass is 16.3. The molecule has 122 valence electrons. The number of rotatable bonds is 7. The molecule has 7 heteroatoms. The summed E-state index contributed by atoms with van der Waals surface area (Å²) in [5.41, 5.74) is 0.871. The Labute approximate surface area is 134 Å². The maximum Gasteiger partial charge on any atom is 0.291 e. The monoisotopic (exact) mass is 317 g/mol. The van der Waals surface area contributed by atoms with Crippen LogP contribution in [0.4, 0.5) is 0 Å². The van der Waals surface area contributed by atoms with Gasteiger partial charge in [-0.25, -0.2) is 0 Å². The van der Waals surface area contributed by atoms with Crippen LogP contribution in [0.2, 0.25) is 0 Å². The number of aromatic nitrogens is 1. The van der Waals surface area contributed by atoms with E-state index >= 15 is 0 Å². The molecule has 0 saturated carbocycles. The van der Waals surface area contributed by atoms with E-state index in [1.54, 1.807) is 24.4 Å². The number of likely N-dealkylation sites (N-methyl/N-ethyl adjacent to an activating group) is 1. The molecule has 7 nitrogen and oxygen atoms in total. The normalized spacial score (nSPS) is 11.5. The molecule has 2 heterocycles. The van der Waals surface area contributed by atoms with Crippen LogP contribution in [0.25, 0.3) is 6.08 Å². The lowest BCUT2D eigenvalue weighted by molar-refractivity contribution is -0.856. The van der Waals surface area contributed by atoms with Crippen molar-refractivity contribution >= 4 is 17.9 Å². The Bertz CT molecular complexity index is 658. The lowest BCUT2D eigenvalue weighted by atomic mass is 10.3. The first-order chi connectivity index (χ1) is 11.1. The summed E-state index contributed by atoms with van der Waals surface area (Å²) in [6, 6.07) is 6.76. The standard InChI is InChI=1S/C16H20N4O3/c1-20(2)9-8-18-15(21)13(11-12-5-3-7-17-12)19-16(22)14-6-4-10-23-14/h3-7,10-11,17H,8-9H2,1-2H3,(H,18,21)(H,19,22)/p+1/b13-11-. The van der Waals surface area contributed by atoms with E-state index in [-0.39, 0.29) is 17.4 Å². The van der Waals surface area contributed by atoms with Gasteiger partial charge in [-0.3, -0.25) is 9.59 Å². The van der Waals surface area contributed by atoms with E-state index in [9.17, 15) is 9.59 Å². The molecule has 2 amide bonds. The first-order valence-electron chi connectivity index (χ1n) is 7.33. The van der Waals surface area contributed by atoms with Gasteiger partial charge in [0.2, 0.25) is 0 Å². The van der Waals surface area contributed by atoms with Crippen molar-refractivity contribution in [2.24, 2.45) is 0 Å². The van der Waals surface area contributed by atoms with Crippen molar-refractivity contribution in [2.45, 2.75) is 0 Å². The molecule has 2 aromatic heterocycles. The van der Waals surface area contributed by atoms with Crippen LogP contribution in [-0.4, -0.2) is 44.0 Å². The van der Waals surface area contributed by atoms with Gasteiger partial charge < -0.3 is 24.9 Å². The van der Waals surface area contributed by atoms with Gasteiger partial charge in [-0.1, -0.05) is 0 Å². The van der Waals surface area contributed by atoms with E-state index in [1.165, 1.54) is 17.2 Å². The largest absolute Gasteiger partial charge is 0.459 e. The second-order valence-corrected chi connectivity index (χ2v) is 5.33. The van der Waals surface area contributed by atoms with Gasteiger partial charge in [0.05, 0.1) is 33.4 Å². The van der Waals surface area contributed by atoms with Crippen LogP contribution in [0.3, 0.4) is 0 Å². The van der Waals surface area contributed by atoms with Gasteiger partial charge in [-0.2, -0.15) is 0 Å². The molecule has 0 unspecified atom stereocenters. The number of carbonyl (C=O) groups excluding carboxylic acids is 2. The molecule has 0 atom stereocenters. The van der Waals surface area contributed by atoms with Crippen molar-refractivity contribution in [3.63, 3.8) is 0 Å². The fraction of sp³-hybridized carbons (Fsp3) is 0.250. The van der Waals surface area contributed by atoms with Gasteiger partial charge in [0.25, 0.3) is 11.8 Å². The summed E-state index contributed by atoms with van der Waals surface area (Å²) in [6.07, 6.45) is 4.73. The maximum absolute atomic E-state index is 12.3. The summed E-state index contributed by atoms with van der Waals surface area (Å²) in [7, 11) is 4.00. The van der Waals surface area contributed by atoms with Crippen molar-refractivity contribution in [3.05, 3.63) is 53.9 Å². The minimum atomic E-state index is -0.471. The fourth-order valence-corrected chi connectivity index (χ4v) is 1.86. The summed E-state index contributed by atoms with van der Waals surface area (Å²) < 4.78 is 5.04. The number of aromatic amines is 1. The number of carbonyl (C=O) groups is 2. The third-order valence-corrected chi connectivity index (χ3v) is 3.07. The molecule has 0 aliphatic carbocycles. The van der Waals surface area contributed by atoms with E-state index in [0.29, 0.717) is 12.2 Å². The molecule has 0 aromatic carbocycles.